The van der Waals surface area contributed by atoms with Crippen molar-refractivity contribution in [3.05, 3.63) is 236 Å². The number of ether oxygens (including phenoxy) is 7. The predicted octanol–water partition coefficient (Wildman–Crippen LogP) is 28.9. The minimum absolute atomic E-state index is 0.00766. The van der Waals surface area contributed by atoms with Gasteiger partial charge in [-0.15, -0.1) is 0 Å². The fraction of sp³-hybridized carbons (Fsp3) is 0.529. The van der Waals surface area contributed by atoms with Crippen LogP contribution in [0.2, 0.25) is 10.0 Å². The summed E-state index contributed by atoms with van der Waals surface area (Å²) in [7, 11) is 1.80. The molecule has 0 amide bonds. The van der Waals surface area contributed by atoms with E-state index in [1.165, 1.54) is 128 Å². The average Bonchev–Trinajstić information content (AvgIpc) is 0.764. The van der Waals surface area contributed by atoms with Gasteiger partial charge >= 0.3 is 0 Å². The van der Waals surface area contributed by atoms with Crippen molar-refractivity contribution in [1.29, 1.82) is 0 Å². The van der Waals surface area contributed by atoms with Crippen molar-refractivity contribution in [3.63, 3.8) is 0 Å². The molecule has 0 aromatic heterocycles. The van der Waals surface area contributed by atoms with Crippen molar-refractivity contribution < 1.29 is 50.7 Å². The van der Waals surface area contributed by atoms with E-state index in [1.807, 2.05) is 39.8 Å². The Kier molecular flexibility index (Phi) is 34.1. The monoisotopic (exact) mass is 1620 g/mol. The minimum Gasteiger partial charge on any atom is -0.496 e. The van der Waals surface area contributed by atoms with E-state index >= 15 is 0 Å². The Morgan fingerprint density at radius 2 is 0.783 bits per heavy atom. The second kappa shape index (κ2) is 42.9. The number of aryl methyl sites for hydroxylation is 7. The molecule has 1 unspecified atom stereocenters. The first-order chi connectivity index (χ1) is 54.8. The maximum atomic E-state index is 14.0. The van der Waals surface area contributed by atoms with Crippen molar-refractivity contribution in [3.8, 4) is 40.2 Å². The van der Waals surface area contributed by atoms with E-state index in [0.717, 1.165) is 164 Å². The van der Waals surface area contributed by atoms with Crippen molar-refractivity contribution in [1.82, 2.24) is 0 Å². The van der Waals surface area contributed by atoms with Gasteiger partial charge in [0.25, 0.3) is 0 Å². The number of halogens is 6. The van der Waals surface area contributed by atoms with Crippen molar-refractivity contribution in [2.45, 2.75) is 307 Å². The molecule has 0 bridgehead atoms. The van der Waals surface area contributed by atoms with Gasteiger partial charge in [0.05, 0.1) is 50.2 Å². The van der Waals surface area contributed by atoms with Gasteiger partial charge < -0.3 is 33.2 Å². The van der Waals surface area contributed by atoms with Crippen LogP contribution in [-0.4, -0.2) is 52.4 Å². The second-order valence-electron chi connectivity index (χ2n) is 35.2. The molecule has 0 spiro atoms. The van der Waals surface area contributed by atoms with Gasteiger partial charge in [-0.3, -0.25) is 0 Å². The number of benzene rings is 8. The molecule has 8 aromatic rings. The Balaban J connectivity index is 0.000000150. The molecule has 0 N–H and O–H groups in total. The molecule has 6 aliphatic heterocycles. The van der Waals surface area contributed by atoms with Crippen LogP contribution in [0.5, 0.6) is 40.2 Å². The van der Waals surface area contributed by atoms with E-state index < -0.39 is 17.3 Å². The average molecular weight is 1620 g/mol. The summed E-state index contributed by atoms with van der Waals surface area (Å²) in [6.45, 7) is 44.0. The zero-order valence-corrected chi connectivity index (χ0v) is 74.7. The normalized spacial score (nSPS) is 16.5. The standard InChI is InChI=1S/C14H20O.C13H17ClO.C13H17FO.C13H17F.C13H18O.C12H15ClO.C12H14F2O.C12H16O/c1-10(2)12-9-8-11-6-4-5-7-13(11)14(12)15-3;1-8(2)11-7-9(3)13-10(12(11)14)5-4-6-15-13;1-9(2)10-4-5-12-11(6-10)7-13(3,14)8-15-12;1-9(2)11-8-7-10-5-3-4-6-12(10)13(11)14;1-9(2)12-7-6-11-5-4-8-14-13(11)10(12)3;1-8(2)10-6-5-9-4-3-7-14-12(9)11(10)13;1-7(2)9-6-8-4-3-5-15-12(8)11(14)10(9)13;1-9(2)11-6-5-10-4-3-7-13-12(10)8-11/h8-10H,4-7H2,1-3H3;7-8H,4-6H2,1-3H3;4-6,9H,7-8H2,1-3H3;7-9H,3-6H2,1-2H3;6-7,9H,4-5,8H2,1-3H3;5-6,8H,3-4,7H2,1-2H3;6-7H,3-5H2,1-2H3;5-6,8-9H,3-4,7H2,1-2H3. The first-order valence-electron chi connectivity index (χ1n) is 43.3. The topological polar surface area (TPSA) is 64.6 Å². The number of fused-ring (bicyclic) bond motifs is 8. The van der Waals surface area contributed by atoms with E-state index in [2.05, 4.69) is 176 Å². The molecule has 0 saturated carbocycles. The lowest BCUT2D eigenvalue weighted by atomic mass is 9.87. The lowest BCUT2D eigenvalue weighted by molar-refractivity contribution is 0.0844. The Morgan fingerprint density at radius 1 is 0.339 bits per heavy atom. The van der Waals surface area contributed by atoms with Gasteiger partial charge in [-0.25, -0.2) is 13.2 Å². The first kappa shape index (κ1) is 91.6. The molecular weight excluding hydrogens is 1480 g/mol. The molecule has 0 fully saturated rings. The van der Waals surface area contributed by atoms with E-state index in [4.69, 9.17) is 56.4 Å². The van der Waals surface area contributed by atoms with E-state index in [1.54, 1.807) is 20.1 Å². The number of methoxy groups -OCH3 is 1. The van der Waals surface area contributed by atoms with Gasteiger partial charge in [-0.05, 0) is 308 Å². The fourth-order valence-corrected chi connectivity index (χ4v) is 17.4. The molecule has 0 radical (unpaired) electrons. The molecule has 0 saturated heterocycles. The largest absolute Gasteiger partial charge is 0.496 e. The quantitative estimate of drug-likeness (QED) is 0.133. The Labute approximate surface area is 699 Å². The number of hydrogen-bond donors (Lipinski definition) is 0. The summed E-state index contributed by atoms with van der Waals surface area (Å²) < 4.78 is 93.8. The molecule has 2 aliphatic carbocycles. The molecule has 1 atom stereocenters. The molecule has 8 aliphatic rings. The highest BCUT2D eigenvalue weighted by Gasteiger charge is 2.32. The van der Waals surface area contributed by atoms with Gasteiger partial charge in [0.15, 0.2) is 11.6 Å². The van der Waals surface area contributed by atoms with Crippen molar-refractivity contribution in [2.24, 2.45) is 0 Å². The molecule has 8 aromatic carbocycles. The first-order valence-corrected chi connectivity index (χ1v) is 44.0. The zero-order chi connectivity index (χ0) is 83.5. The van der Waals surface area contributed by atoms with Gasteiger partial charge in [-0.1, -0.05) is 213 Å². The molecule has 115 heavy (non-hydrogen) atoms. The summed E-state index contributed by atoms with van der Waals surface area (Å²) in [4.78, 5) is 0. The van der Waals surface area contributed by atoms with Crippen molar-refractivity contribution in [2.75, 3.05) is 46.8 Å². The summed E-state index contributed by atoms with van der Waals surface area (Å²) in [5, 5.41) is 1.74. The second-order valence-corrected chi connectivity index (χ2v) is 35.9. The van der Waals surface area contributed by atoms with Gasteiger partial charge in [0.2, 0.25) is 5.82 Å². The van der Waals surface area contributed by atoms with Crippen LogP contribution in [0.25, 0.3) is 0 Å². The van der Waals surface area contributed by atoms with Crippen LogP contribution in [-0.2, 0) is 64.2 Å². The molecule has 6 heterocycles. The summed E-state index contributed by atoms with van der Waals surface area (Å²) in [5.41, 5.74) is 22.7. The van der Waals surface area contributed by atoms with Gasteiger partial charge in [0.1, 0.15) is 52.6 Å². The van der Waals surface area contributed by atoms with E-state index in [-0.39, 0.29) is 24.1 Å². The summed E-state index contributed by atoms with van der Waals surface area (Å²) in [6.07, 6.45) is 20.5. The fourth-order valence-electron chi connectivity index (χ4n) is 16.5. The number of rotatable bonds is 9. The smallest absolute Gasteiger partial charge is 0.201 e. The molecule has 13 heteroatoms. The summed E-state index contributed by atoms with van der Waals surface area (Å²) >= 11 is 12.7. The SMILES string of the molecule is CC(C)c1cc2c(c(F)c1F)OCCC2.CC(C)c1ccc2c(c1)CC(C)(F)CO2.CC(C)c1ccc2c(c1)OCCC2.CC(C)c1ccc2c(c1Cl)OCCC2.CC(C)c1ccc2c(c1F)CCCC2.COc1c(C(C)C)ccc2c1CCCC2.Cc1c(C(C)C)ccc2c1OCCC2.Cc1cc(C(C)C)c(Cl)c2c1OCCC2. The number of hydrogen-bond acceptors (Lipinski definition) is 7. The van der Waals surface area contributed by atoms with E-state index in [9.17, 15) is 17.6 Å². The van der Waals surface area contributed by atoms with Gasteiger partial charge in [-0.2, -0.15) is 4.39 Å². The van der Waals surface area contributed by atoms with Crippen LogP contribution < -0.4 is 33.2 Å². The van der Waals surface area contributed by atoms with Gasteiger partial charge in [0, 0.05) is 12.0 Å². The zero-order valence-electron chi connectivity index (χ0n) is 73.2. The Hall–Kier alpha value is -7.34. The third kappa shape index (κ3) is 24.0. The van der Waals surface area contributed by atoms with Crippen LogP contribution in [0.1, 0.15) is 334 Å². The molecule has 7 nitrogen and oxygen atoms in total. The van der Waals surface area contributed by atoms with Crippen LogP contribution in [0.3, 0.4) is 0 Å². The molecule has 16 rings (SSSR count). The minimum atomic E-state index is -1.22. The highest BCUT2D eigenvalue weighted by atomic mass is 35.5. The van der Waals surface area contributed by atoms with Crippen molar-refractivity contribution >= 4 is 23.2 Å². The Bertz CT molecular complexity index is 4360. The lowest BCUT2D eigenvalue weighted by Gasteiger charge is -2.28. The van der Waals surface area contributed by atoms with Crippen LogP contribution in [0, 0.1) is 31.3 Å². The third-order valence-corrected chi connectivity index (χ3v) is 24.1. The molecular formula is C102H134Cl2F4O7. The Morgan fingerprint density at radius 3 is 1.37 bits per heavy atom. The van der Waals surface area contributed by atoms with E-state index in [0.29, 0.717) is 60.0 Å². The highest BCUT2D eigenvalue weighted by Crippen LogP contribution is 2.43. The maximum absolute atomic E-state index is 14.0. The van der Waals surface area contributed by atoms with Crippen LogP contribution in [0.4, 0.5) is 17.6 Å². The maximum Gasteiger partial charge on any atom is 0.201 e. The summed E-state index contributed by atoms with van der Waals surface area (Å²) in [5.74, 6) is 8.23. The lowest BCUT2D eigenvalue weighted by Crippen LogP contribution is -2.34. The highest BCUT2D eigenvalue weighted by molar-refractivity contribution is 6.33. The van der Waals surface area contributed by atoms with Crippen LogP contribution >= 0.6 is 23.2 Å². The predicted molar refractivity (Wildman–Crippen MR) is 471 cm³/mol. The number of alkyl halides is 1. The molecule has 626 valence electrons. The summed E-state index contributed by atoms with van der Waals surface area (Å²) in [6, 6.07) is 34.0. The third-order valence-electron chi connectivity index (χ3n) is 23.2. The van der Waals surface area contributed by atoms with Crippen LogP contribution in [0.15, 0.2) is 97.1 Å².